The highest BCUT2D eigenvalue weighted by atomic mass is 19.1. The Bertz CT molecular complexity index is 949. The highest BCUT2D eigenvalue weighted by molar-refractivity contribution is 5.75. The van der Waals surface area contributed by atoms with E-state index >= 15 is 0 Å². The van der Waals surface area contributed by atoms with Crippen molar-refractivity contribution in [3.05, 3.63) is 77.1 Å². The maximum absolute atomic E-state index is 14.5. The average Bonchev–Trinajstić information content (AvgIpc) is 2.97. The number of nitriles is 1. The van der Waals surface area contributed by atoms with E-state index in [0.717, 1.165) is 24.0 Å². The Balaban J connectivity index is 1.48. The molecule has 2 aliphatic heterocycles. The molecule has 0 spiro atoms. The summed E-state index contributed by atoms with van der Waals surface area (Å²) >= 11 is 0. The third kappa shape index (κ3) is 3.63. The van der Waals surface area contributed by atoms with Crippen molar-refractivity contribution in [3.8, 4) is 6.07 Å². The van der Waals surface area contributed by atoms with Crippen molar-refractivity contribution in [1.82, 2.24) is 4.90 Å². The summed E-state index contributed by atoms with van der Waals surface area (Å²) in [5.74, 6) is -0.307. The summed E-state index contributed by atoms with van der Waals surface area (Å²) in [5.41, 5.74) is 3.13. The van der Waals surface area contributed by atoms with Crippen LogP contribution < -0.4 is 0 Å². The number of hydrogen-bond donors (Lipinski definition) is 0. The number of nitrogens with zero attached hydrogens (tertiary/aromatic N) is 2. The molecule has 2 aromatic rings. The van der Waals surface area contributed by atoms with Gasteiger partial charge in [-0.25, -0.2) is 9.18 Å². The highest BCUT2D eigenvalue weighted by Crippen LogP contribution is 2.39. The van der Waals surface area contributed by atoms with Gasteiger partial charge in [-0.3, -0.25) is 4.90 Å². The standard InChI is InChI=1S/C23H21FN2O2/c24-22-12-16(10-11-25)6-9-21(22)18-13-19-7-8-20(14-18)26(19)23(27)28-15-17-4-2-1-3-5-17/h1-6,9,12-13,19-20H,7-8,10,14-15H2. The lowest BCUT2D eigenvalue weighted by molar-refractivity contribution is 0.0832. The van der Waals surface area contributed by atoms with Crippen LogP contribution in [0.15, 0.2) is 54.6 Å². The number of amides is 1. The van der Waals surface area contributed by atoms with Gasteiger partial charge in [0.15, 0.2) is 0 Å². The molecule has 2 bridgehead atoms. The minimum atomic E-state index is -0.309. The lowest BCUT2D eigenvalue weighted by Gasteiger charge is -2.33. The number of ether oxygens (including phenoxy) is 1. The largest absolute Gasteiger partial charge is 0.445 e. The highest BCUT2D eigenvalue weighted by Gasteiger charge is 2.41. The topological polar surface area (TPSA) is 53.3 Å². The molecular weight excluding hydrogens is 355 g/mol. The number of carbonyl (C=O) groups excluding carboxylic acids is 1. The first-order valence-electron chi connectivity index (χ1n) is 9.51. The molecule has 28 heavy (non-hydrogen) atoms. The van der Waals surface area contributed by atoms with E-state index in [2.05, 4.69) is 0 Å². The van der Waals surface area contributed by atoms with E-state index in [1.54, 1.807) is 17.0 Å². The van der Waals surface area contributed by atoms with Crippen LogP contribution in [0, 0.1) is 17.1 Å². The lowest BCUT2D eigenvalue weighted by atomic mass is 9.93. The molecule has 2 aromatic carbocycles. The van der Waals surface area contributed by atoms with Crippen LogP contribution in [0.25, 0.3) is 5.57 Å². The molecule has 0 aliphatic carbocycles. The summed E-state index contributed by atoms with van der Waals surface area (Å²) in [6, 6.07) is 16.6. The van der Waals surface area contributed by atoms with Crippen LogP contribution in [-0.2, 0) is 17.8 Å². The lowest BCUT2D eigenvalue weighted by Crippen LogP contribution is -2.43. The zero-order valence-electron chi connectivity index (χ0n) is 15.5. The number of fused-ring (bicyclic) bond motifs is 2. The van der Waals surface area contributed by atoms with Crippen molar-refractivity contribution in [1.29, 1.82) is 5.26 Å². The number of halogens is 1. The summed E-state index contributed by atoms with van der Waals surface area (Å²) in [6.07, 6.45) is 4.25. The number of hydrogen-bond acceptors (Lipinski definition) is 3. The first-order valence-corrected chi connectivity index (χ1v) is 9.51. The van der Waals surface area contributed by atoms with Crippen LogP contribution in [0.4, 0.5) is 9.18 Å². The Morgan fingerprint density at radius 1 is 1.18 bits per heavy atom. The van der Waals surface area contributed by atoms with Crippen molar-refractivity contribution in [2.75, 3.05) is 0 Å². The van der Waals surface area contributed by atoms with E-state index in [9.17, 15) is 9.18 Å². The zero-order chi connectivity index (χ0) is 19.5. The van der Waals surface area contributed by atoms with E-state index in [4.69, 9.17) is 10.00 Å². The van der Waals surface area contributed by atoms with E-state index < -0.39 is 0 Å². The van der Waals surface area contributed by atoms with Gasteiger partial charge in [0.2, 0.25) is 0 Å². The molecule has 1 saturated heterocycles. The molecule has 0 N–H and O–H groups in total. The molecule has 142 valence electrons. The van der Waals surface area contributed by atoms with Gasteiger partial charge in [-0.1, -0.05) is 48.5 Å². The maximum atomic E-state index is 14.5. The first-order chi connectivity index (χ1) is 13.7. The van der Waals surface area contributed by atoms with Crippen molar-refractivity contribution in [2.45, 2.75) is 44.4 Å². The summed E-state index contributed by atoms with van der Waals surface area (Å²) in [4.78, 5) is 14.4. The first kappa shape index (κ1) is 18.2. The van der Waals surface area contributed by atoms with Gasteiger partial charge in [0.1, 0.15) is 12.4 Å². The maximum Gasteiger partial charge on any atom is 0.410 e. The summed E-state index contributed by atoms with van der Waals surface area (Å²) < 4.78 is 20.0. The summed E-state index contributed by atoms with van der Waals surface area (Å²) in [7, 11) is 0. The second-order valence-electron chi connectivity index (χ2n) is 7.29. The van der Waals surface area contributed by atoms with Gasteiger partial charge in [0.05, 0.1) is 18.5 Å². The average molecular weight is 376 g/mol. The minimum absolute atomic E-state index is 0.0338. The molecule has 2 unspecified atom stereocenters. The van der Waals surface area contributed by atoms with Crippen LogP contribution in [0.5, 0.6) is 0 Å². The number of benzene rings is 2. The van der Waals surface area contributed by atoms with Gasteiger partial charge in [0, 0.05) is 11.6 Å². The predicted octanol–water partition coefficient (Wildman–Crippen LogP) is 4.85. The monoisotopic (exact) mass is 376 g/mol. The Morgan fingerprint density at radius 2 is 2.00 bits per heavy atom. The molecule has 4 rings (SSSR count). The van der Waals surface area contributed by atoms with Gasteiger partial charge < -0.3 is 4.74 Å². The van der Waals surface area contributed by atoms with Crippen LogP contribution in [-0.4, -0.2) is 23.1 Å². The van der Waals surface area contributed by atoms with Crippen molar-refractivity contribution in [3.63, 3.8) is 0 Å². The fourth-order valence-corrected chi connectivity index (χ4v) is 4.13. The molecular formula is C23H21FN2O2. The minimum Gasteiger partial charge on any atom is -0.445 e. The fraction of sp³-hybridized carbons (Fsp3) is 0.304. The fourth-order valence-electron chi connectivity index (χ4n) is 4.13. The molecule has 1 fully saturated rings. The molecule has 0 radical (unpaired) electrons. The Morgan fingerprint density at radius 3 is 2.71 bits per heavy atom. The van der Waals surface area contributed by atoms with Crippen molar-refractivity contribution >= 4 is 11.7 Å². The SMILES string of the molecule is N#CCc1ccc(C2=CC3CCC(C2)N3C(=O)OCc2ccccc2)c(F)c1. The van der Waals surface area contributed by atoms with E-state index in [1.807, 2.05) is 42.5 Å². The molecule has 0 aromatic heterocycles. The van der Waals surface area contributed by atoms with Gasteiger partial charge in [-0.15, -0.1) is 0 Å². The normalized spacial score (nSPS) is 20.4. The van der Waals surface area contributed by atoms with Crippen molar-refractivity contribution in [2.24, 2.45) is 0 Å². The van der Waals surface area contributed by atoms with Gasteiger partial charge in [0.25, 0.3) is 0 Å². The number of rotatable bonds is 4. The second-order valence-corrected chi connectivity index (χ2v) is 7.29. The van der Waals surface area contributed by atoms with Crippen LogP contribution in [0.2, 0.25) is 0 Å². The smallest absolute Gasteiger partial charge is 0.410 e. The van der Waals surface area contributed by atoms with Gasteiger partial charge in [-0.2, -0.15) is 5.26 Å². The predicted molar refractivity (Wildman–Crippen MR) is 104 cm³/mol. The van der Waals surface area contributed by atoms with Crippen LogP contribution in [0.3, 0.4) is 0 Å². The second kappa shape index (κ2) is 7.85. The van der Waals surface area contributed by atoms with Gasteiger partial charge >= 0.3 is 6.09 Å². The van der Waals surface area contributed by atoms with E-state index in [0.29, 0.717) is 17.5 Å². The molecule has 2 aliphatic rings. The zero-order valence-corrected chi connectivity index (χ0v) is 15.5. The molecule has 2 heterocycles. The molecule has 1 amide bonds. The van der Waals surface area contributed by atoms with Crippen molar-refractivity contribution < 1.29 is 13.9 Å². The Kier molecular flexibility index (Phi) is 5.12. The Labute approximate surface area is 163 Å². The molecule has 5 heteroatoms. The summed E-state index contributed by atoms with van der Waals surface area (Å²) in [5, 5.41) is 8.77. The molecule has 2 atom stereocenters. The third-order valence-corrected chi connectivity index (χ3v) is 5.47. The quantitative estimate of drug-likeness (QED) is 0.767. The Hall–Kier alpha value is -3.13. The van der Waals surface area contributed by atoms with Crippen LogP contribution in [0.1, 0.15) is 36.0 Å². The molecule has 4 nitrogen and oxygen atoms in total. The third-order valence-electron chi connectivity index (χ3n) is 5.47. The van der Waals surface area contributed by atoms with E-state index in [1.165, 1.54) is 6.07 Å². The van der Waals surface area contributed by atoms with E-state index in [-0.39, 0.29) is 37.0 Å². The summed E-state index contributed by atoms with van der Waals surface area (Å²) in [6.45, 7) is 0.251. The number of carbonyl (C=O) groups is 1. The molecule has 0 saturated carbocycles. The van der Waals surface area contributed by atoms with Crippen LogP contribution >= 0.6 is 0 Å². The van der Waals surface area contributed by atoms with Gasteiger partial charge in [-0.05, 0) is 42.0 Å².